The Balaban J connectivity index is 1.98. The maximum Gasteiger partial charge on any atom is 0.297 e. The number of anilines is 1. The number of hydrogen-bond acceptors (Lipinski definition) is 4. The Labute approximate surface area is 101 Å². The molecule has 0 atom stereocenters. The molecular weight excluding hydrogens is 226 g/mol. The number of rotatable bonds is 3. The van der Waals surface area contributed by atoms with Gasteiger partial charge in [-0.3, -0.25) is 0 Å². The lowest BCUT2D eigenvalue weighted by molar-refractivity contribution is 0.249. The number of aromatic nitrogens is 1. The van der Waals surface area contributed by atoms with E-state index in [1.807, 2.05) is 7.05 Å². The molecule has 0 radical (unpaired) electrons. The van der Waals surface area contributed by atoms with Crippen molar-refractivity contribution in [2.75, 3.05) is 32.1 Å². The molecule has 1 aromatic rings. The molecule has 16 heavy (non-hydrogen) atoms. The van der Waals surface area contributed by atoms with E-state index in [9.17, 15) is 0 Å². The number of likely N-dealkylation sites (tertiary alicyclic amines) is 1. The van der Waals surface area contributed by atoms with E-state index >= 15 is 0 Å². The number of hydrogen-bond donors (Lipinski definition) is 0. The van der Waals surface area contributed by atoms with Gasteiger partial charge in [-0.25, -0.2) is 0 Å². The summed E-state index contributed by atoms with van der Waals surface area (Å²) in [7, 11) is 4.20. The van der Waals surface area contributed by atoms with Crippen molar-refractivity contribution in [1.29, 1.82) is 0 Å². The van der Waals surface area contributed by atoms with E-state index in [1.54, 1.807) is 6.26 Å². The van der Waals surface area contributed by atoms with Crippen molar-refractivity contribution in [3.8, 4) is 0 Å². The maximum absolute atomic E-state index is 5.70. The Morgan fingerprint density at radius 3 is 2.81 bits per heavy atom. The number of halogens is 1. The van der Waals surface area contributed by atoms with Crippen LogP contribution in [-0.2, 0) is 5.88 Å². The first kappa shape index (κ1) is 11.7. The van der Waals surface area contributed by atoms with E-state index in [1.165, 1.54) is 0 Å². The summed E-state index contributed by atoms with van der Waals surface area (Å²) in [6.45, 7) is 2.27. The van der Waals surface area contributed by atoms with Gasteiger partial charge in [-0.15, -0.1) is 11.6 Å². The number of piperidine rings is 1. The third kappa shape index (κ3) is 2.50. The van der Waals surface area contributed by atoms with Crippen molar-refractivity contribution in [1.82, 2.24) is 9.88 Å². The minimum absolute atomic E-state index is 0.407. The molecule has 1 saturated heterocycles. The lowest BCUT2D eigenvalue weighted by Gasteiger charge is -2.34. The molecule has 1 aliphatic rings. The molecule has 5 heteroatoms. The third-order valence-corrected chi connectivity index (χ3v) is 3.49. The molecule has 0 spiro atoms. The van der Waals surface area contributed by atoms with E-state index in [4.69, 9.17) is 16.0 Å². The van der Waals surface area contributed by atoms with Crippen molar-refractivity contribution < 1.29 is 4.42 Å². The Morgan fingerprint density at radius 2 is 2.25 bits per heavy atom. The molecule has 0 amide bonds. The minimum Gasteiger partial charge on any atom is -0.432 e. The van der Waals surface area contributed by atoms with Gasteiger partial charge >= 0.3 is 0 Å². The molecule has 0 N–H and O–H groups in total. The van der Waals surface area contributed by atoms with Crippen LogP contribution in [-0.4, -0.2) is 43.1 Å². The molecule has 4 nitrogen and oxygen atoms in total. The van der Waals surface area contributed by atoms with E-state index < -0.39 is 0 Å². The zero-order chi connectivity index (χ0) is 11.5. The van der Waals surface area contributed by atoms with Crippen LogP contribution in [0.4, 0.5) is 6.01 Å². The highest BCUT2D eigenvalue weighted by Gasteiger charge is 2.23. The highest BCUT2D eigenvalue weighted by molar-refractivity contribution is 6.16. The highest BCUT2D eigenvalue weighted by Crippen LogP contribution is 2.21. The smallest absolute Gasteiger partial charge is 0.297 e. The maximum atomic E-state index is 5.70. The molecule has 1 aliphatic heterocycles. The normalized spacial score (nSPS) is 18.9. The van der Waals surface area contributed by atoms with Crippen LogP contribution >= 0.6 is 11.6 Å². The SMILES string of the molecule is CN1CCC(N(C)c2nc(CCl)co2)CC1. The molecule has 2 rings (SSSR count). The Hall–Kier alpha value is -0.740. The molecule has 1 fully saturated rings. The first-order valence-corrected chi connectivity index (χ1v) is 6.16. The van der Waals surface area contributed by atoms with Crippen molar-refractivity contribution in [2.45, 2.75) is 24.8 Å². The summed E-state index contributed by atoms with van der Waals surface area (Å²) in [6.07, 6.45) is 3.95. The molecule has 0 saturated carbocycles. The molecular formula is C11H18ClN3O. The molecule has 0 unspecified atom stereocenters. The fourth-order valence-electron chi connectivity index (χ4n) is 2.06. The van der Waals surface area contributed by atoms with Crippen molar-refractivity contribution >= 4 is 17.6 Å². The van der Waals surface area contributed by atoms with E-state index in [0.29, 0.717) is 17.9 Å². The molecule has 0 bridgehead atoms. The van der Waals surface area contributed by atoms with Crippen LogP contribution in [0, 0.1) is 0 Å². The van der Waals surface area contributed by atoms with Crippen LogP contribution in [0.25, 0.3) is 0 Å². The standard InChI is InChI=1S/C11H18ClN3O/c1-14-5-3-10(4-6-14)15(2)11-13-9(7-12)8-16-11/h8,10H,3-7H2,1-2H3. The zero-order valence-electron chi connectivity index (χ0n) is 9.82. The van der Waals surface area contributed by atoms with Crippen molar-refractivity contribution in [3.63, 3.8) is 0 Å². The van der Waals surface area contributed by atoms with Gasteiger partial charge in [-0.05, 0) is 33.0 Å². The van der Waals surface area contributed by atoms with Crippen LogP contribution in [0.3, 0.4) is 0 Å². The summed E-state index contributed by atoms with van der Waals surface area (Å²) in [5, 5.41) is 0. The second kappa shape index (κ2) is 5.06. The van der Waals surface area contributed by atoms with Gasteiger partial charge in [0.15, 0.2) is 0 Å². The first-order chi connectivity index (χ1) is 7.70. The van der Waals surface area contributed by atoms with E-state index in [-0.39, 0.29) is 0 Å². The molecule has 1 aromatic heterocycles. The Kier molecular flexibility index (Phi) is 3.71. The number of alkyl halides is 1. The molecule has 2 heterocycles. The summed E-state index contributed by atoms with van der Waals surface area (Å²) in [5.74, 6) is 0.407. The van der Waals surface area contributed by atoms with Gasteiger partial charge in [-0.1, -0.05) is 0 Å². The predicted octanol–water partition coefficient (Wildman–Crippen LogP) is 1.94. The Morgan fingerprint density at radius 1 is 1.56 bits per heavy atom. The summed E-state index contributed by atoms with van der Waals surface area (Å²) in [6, 6.07) is 1.21. The topological polar surface area (TPSA) is 32.5 Å². The highest BCUT2D eigenvalue weighted by atomic mass is 35.5. The first-order valence-electron chi connectivity index (χ1n) is 5.62. The van der Waals surface area contributed by atoms with Gasteiger partial charge in [0.1, 0.15) is 6.26 Å². The summed E-state index contributed by atoms with van der Waals surface area (Å²) >= 11 is 5.70. The van der Waals surface area contributed by atoms with Crippen LogP contribution in [0.1, 0.15) is 18.5 Å². The summed E-state index contributed by atoms with van der Waals surface area (Å²) in [4.78, 5) is 8.82. The number of oxazole rings is 1. The predicted molar refractivity (Wildman–Crippen MR) is 65.0 cm³/mol. The monoisotopic (exact) mass is 243 g/mol. The zero-order valence-corrected chi connectivity index (χ0v) is 10.6. The van der Waals surface area contributed by atoms with Gasteiger partial charge in [-0.2, -0.15) is 4.98 Å². The van der Waals surface area contributed by atoms with Gasteiger partial charge in [0.05, 0.1) is 11.6 Å². The van der Waals surface area contributed by atoms with Gasteiger partial charge < -0.3 is 14.2 Å². The third-order valence-electron chi connectivity index (χ3n) is 3.21. The second-order valence-corrected chi connectivity index (χ2v) is 4.67. The van der Waals surface area contributed by atoms with Crippen LogP contribution in [0.5, 0.6) is 0 Å². The van der Waals surface area contributed by atoms with E-state index in [2.05, 4.69) is 21.8 Å². The fourth-order valence-corrected chi connectivity index (χ4v) is 2.18. The average Bonchev–Trinajstić information content (AvgIpc) is 2.77. The van der Waals surface area contributed by atoms with E-state index in [0.717, 1.165) is 31.6 Å². The van der Waals surface area contributed by atoms with Crippen molar-refractivity contribution in [2.24, 2.45) is 0 Å². The van der Waals surface area contributed by atoms with Gasteiger partial charge in [0.25, 0.3) is 6.01 Å². The number of nitrogens with zero attached hydrogens (tertiary/aromatic N) is 3. The second-order valence-electron chi connectivity index (χ2n) is 4.40. The molecule has 0 aromatic carbocycles. The van der Waals surface area contributed by atoms with Gasteiger partial charge in [0.2, 0.25) is 0 Å². The summed E-state index contributed by atoms with van der Waals surface area (Å²) in [5.41, 5.74) is 0.802. The quantitative estimate of drug-likeness (QED) is 0.760. The average molecular weight is 244 g/mol. The Bertz CT molecular complexity index is 334. The lowest BCUT2D eigenvalue weighted by atomic mass is 10.0. The largest absolute Gasteiger partial charge is 0.432 e. The van der Waals surface area contributed by atoms with Crippen molar-refractivity contribution in [3.05, 3.63) is 12.0 Å². The van der Waals surface area contributed by atoms with Gasteiger partial charge in [0, 0.05) is 13.1 Å². The van der Waals surface area contributed by atoms with Crippen LogP contribution < -0.4 is 4.90 Å². The summed E-state index contributed by atoms with van der Waals surface area (Å²) < 4.78 is 5.41. The molecule has 90 valence electrons. The van der Waals surface area contributed by atoms with Crippen LogP contribution in [0.2, 0.25) is 0 Å². The molecule has 0 aliphatic carbocycles. The van der Waals surface area contributed by atoms with Crippen LogP contribution in [0.15, 0.2) is 10.7 Å². The minimum atomic E-state index is 0.407. The lowest BCUT2D eigenvalue weighted by Crippen LogP contribution is -2.42. The fraction of sp³-hybridized carbons (Fsp3) is 0.727.